The van der Waals surface area contributed by atoms with Gasteiger partial charge in [0.15, 0.2) is 23.9 Å². The summed E-state index contributed by atoms with van der Waals surface area (Å²) in [5, 5.41) is 36.8. The fourth-order valence-electron chi connectivity index (χ4n) is 1.36. The predicted molar refractivity (Wildman–Crippen MR) is 56.6 cm³/mol. The molecule has 3 N–H and O–H groups in total. The molecule has 0 spiro atoms. The highest BCUT2D eigenvalue weighted by Gasteiger charge is 2.22. The number of aromatic hydroxyl groups is 1. The summed E-state index contributed by atoms with van der Waals surface area (Å²) in [4.78, 5) is 10.8. The number of ether oxygens (including phenoxy) is 1. The molecule has 6 heteroatoms. The molecule has 0 aliphatic heterocycles. The highest BCUT2D eigenvalue weighted by atomic mass is 16.5. The van der Waals surface area contributed by atoms with Crippen molar-refractivity contribution in [2.24, 2.45) is 0 Å². The average molecular weight is 237 g/mol. The van der Waals surface area contributed by atoms with Crippen LogP contribution in [0.5, 0.6) is 11.5 Å². The van der Waals surface area contributed by atoms with E-state index in [1.54, 1.807) is 0 Å². The molecule has 0 aliphatic carbocycles. The molecule has 1 aromatic carbocycles. The summed E-state index contributed by atoms with van der Waals surface area (Å²) in [5.41, 5.74) is -0.00574. The third-order valence-corrected chi connectivity index (χ3v) is 2.26. The van der Waals surface area contributed by atoms with Gasteiger partial charge in [-0.25, -0.2) is 0 Å². The number of phenols is 1. The van der Waals surface area contributed by atoms with Gasteiger partial charge in [0.05, 0.1) is 13.2 Å². The molecular weight excluding hydrogens is 226 g/mol. The van der Waals surface area contributed by atoms with Crippen molar-refractivity contribution in [3.8, 4) is 17.6 Å². The van der Waals surface area contributed by atoms with E-state index in [0.717, 1.165) is 6.07 Å². The second kappa shape index (κ2) is 5.30. The summed E-state index contributed by atoms with van der Waals surface area (Å²) in [6.07, 6.45) is -2.81. The van der Waals surface area contributed by atoms with Crippen LogP contribution in [0.2, 0.25) is 0 Å². The Kier molecular flexibility index (Phi) is 4.04. The van der Waals surface area contributed by atoms with Crippen LogP contribution in [0, 0.1) is 11.3 Å². The number of benzene rings is 1. The number of carbonyl (C=O) groups excluding carboxylic acids is 1. The molecule has 1 rings (SSSR count). The molecule has 2 unspecified atom stereocenters. The molecule has 0 amide bonds. The lowest BCUT2D eigenvalue weighted by Crippen LogP contribution is -2.17. The molecule has 0 aliphatic rings. The van der Waals surface area contributed by atoms with Crippen LogP contribution >= 0.6 is 0 Å². The summed E-state index contributed by atoms with van der Waals surface area (Å²) in [6.45, 7) is 0. The number of nitrogens with zero attached hydrogens (tertiary/aromatic N) is 1. The summed E-state index contributed by atoms with van der Waals surface area (Å²) in [6, 6.07) is 3.74. The molecule has 0 saturated carbocycles. The van der Waals surface area contributed by atoms with E-state index in [1.165, 1.54) is 19.2 Å². The van der Waals surface area contributed by atoms with Crippen molar-refractivity contribution in [1.82, 2.24) is 0 Å². The van der Waals surface area contributed by atoms with Crippen molar-refractivity contribution >= 4 is 6.29 Å². The Morgan fingerprint density at radius 1 is 1.47 bits per heavy atom. The summed E-state index contributed by atoms with van der Waals surface area (Å²) >= 11 is 0. The van der Waals surface area contributed by atoms with Crippen LogP contribution in [0.25, 0.3) is 0 Å². The number of nitriles is 1. The number of aliphatic hydroxyl groups is 2. The van der Waals surface area contributed by atoms with Gasteiger partial charge in [0, 0.05) is 5.56 Å². The summed E-state index contributed by atoms with van der Waals surface area (Å²) < 4.78 is 4.81. The quantitative estimate of drug-likeness (QED) is 0.507. The Labute approximate surface area is 97.3 Å². The third-order valence-electron chi connectivity index (χ3n) is 2.26. The van der Waals surface area contributed by atoms with E-state index in [4.69, 9.17) is 10.00 Å². The zero-order chi connectivity index (χ0) is 13.0. The van der Waals surface area contributed by atoms with E-state index in [0.29, 0.717) is 6.29 Å². The predicted octanol–water partition coefficient (Wildman–Crippen LogP) is 0.131. The van der Waals surface area contributed by atoms with Crippen molar-refractivity contribution in [2.45, 2.75) is 12.2 Å². The van der Waals surface area contributed by atoms with Crippen LogP contribution in [0.3, 0.4) is 0 Å². The van der Waals surface area contributed by atoms with Gasteiger partial charge in [-0.15, -0.1) is 0 Å². The smallest absolute Gasteiger partial charge is 0.170 e. The van der Waals surface area contributed by atoms with E-state index >= 15 is 0 Å². The van der Waals surface area contributed by atoms with Gasteiger partial charge in [-0.1, -0.05) is 0 Å². The molecule has 1 aromatic rings. The largest absolute Gasteiger partial charge is 0.504 e. The first-order chi connectivity index (χ1) is 8.04. The number of phenolic OH excluding ortho intramolecular Hbond substituents is 1. The van der Waals surface area contributed by atoms with Gasteiger partial charge in [0.1, 0.15) is 6.10 Å². The Bertz CT molecular complexity index is 466. The molecule has 0 radical (unpaired) electrons. The normalized spacial score (nSPS) is 13.5. The number of hydrogen-bond acceptors (Lipinski definition) is 6. The number of methoxy groups -OCH3 is 1. The molecule has 6 nitrogen and oxygen atoms in total. The zero-order valence-corrected chi connectivity index (χ0v) is 8.99. The van der Waals surface area contributed by atoms with E-state index in [2.05, 4.69) is 0 Å². The maximum atomic E-state index is 10.8. The molecular formula is C11H11NO5. The maximum Gasteiger partial charge on any atom is 0.170 e. The highest BCUT2D eigenvalue weighted by molar-refractivity contribution is 5.79. The van der Waals surface area contributed by atoms with Crippen LogP contribution in [0.1, 0.15) is 22.0 Å². The van der Waals surface area contributed by atoms with E-state index in [1.807, 2.05) is 0 Å². The highest BCUT2D eigenvalue weighted by Crippen LogP contribution is 2.32. The number of rotatable bonds is 4. The molecule has 17 heavy (non-hydrogen) atoms. The fraction of sp³-hybridized carbons (Fsp3) is 0.273. The molecule has 0 heterocycles. The Morgan fingerprint density at radius 2 is 2.12 bits per heavy atom. The minimum atomic E-state index is -1.66. The minimum Gasteiger partial charge on any atom is -0.504 e. The molecule has 0 saturated heterocycles. The Morgan fingerprint density at radius 3 is 2.59 bits per heavy atom. The lowest BCUT2D eigenvalue weighted by molar-refractivity contribution is 0.0520. The van der Waals surface area contributed by atoms with Crippen molar-refractivity contribution in [3.63, 3.8) is 0 Å². The Hall–Kier alpha value is -2.10. The lowest BCUT2D eigenvalue weighted by atomic mass is 9.99. The number of hydrogen-bond donors (Lipinski definition) is 3. The van der Waals surface area contributed by atoms with Crippen molar-refractivity contribution in [2.75, 3.05) is 7.11 Å². The van der Waals surface area contributed by atoms with Gasteiger partial charge in [0.2, 0.25) is 0 Å². The van der Waals surface area contributed by atoms with Crippen LogP contribution < -0.4 is 4.74 Å². The van der Waals surface area contributed by atoms with Crippen molar-refractivity contribution in [1.29, 1.82) is 5.26 Å². The van der Waals surface area contributed by atoms with Crippen molar-refractivity contribution in [3.05, 3.63) is 23.3 Å². The second-order valence-corrected chi connectivity index (χ2v) is 3.29. The van der Waals surface area contributed by atoms with Crippen LogP contribution in [-0.2, 0) is 0 Å². The summed E-state index contributed by atoms with van der Waals surface area (Å²) in [5.74, 6) is -0.230. The maximum absolute atomic E-state index is 10.8. The fourth-order valence-corrected chi connectivity index (χ4v) is 1.36. The van der Waals surface area contributed by atoms with Gasteiger partial charge < -0.3 is 20.1 Å². The van der Waals surface area contributed by atoms with Crippen LogP contribution in [0.4, 0.5) is 0 Å². The third kappa shape index (κ3) is 2.53. The van der Waals surface area contributed by atoms with Crippen LogP contribution in [0.15, 0.2) is 12.1 Å². The van der Waals surface area contributed by atoms with Gasteiger partial charge >= 0.3 is 0 Å². The van der Waals surface area contributed by atoms with Gasteiger partial charge in [0.25, 0.3) is 0 Å². The second-order valence-electron chi connectivity index (χ2n) is 3.29. The molecule has 0 aromatic heterocycles. The zero-order valence-electron chi connectivity index (χ0n) is 8.99. The minimum absolute atomic E-state index is 0.0173. The number of aldehydes is 1. The van der Waals surface area contributed by atoms with E-state index in [9.17, 15) is 20.1 Å². The topological polar surface area (TPSA) is 111 Å². The van der Waals surface area contributed by atoms with Gasteiger partial charge in [-0.05, 0) is 17.7 Å². The van der Waals surface area contributed by atoms with Gasteiger partial charge in [-0.2, -0.15) is 5.26 Å². The first-order valence-electron chi connectivity index (χ1n) is 4.67. The molecule has 2 atom stereocenters. The Balaban J connectivity index is 3.31. The molecule has 0 bridgehead atoms. The molecule has 0 fully saturated rings. The van der Waals surface area contributed by atoms with E-state index < -0.39 is 12.2 Å². The van der Waals surface area contributed by atoms with Gasteiger partial charge in [-0.3, -0.25) is 4.79 Å². The summed E-state index contributed by atoms with van der Waals surface area (Å²) in [7, 11) is 1.30. The van der Waals surface area contributed by atoms with Crippen molar-refractivity contribution < 1.29 is 24.9 Å². The van der Waals surface area contributed by atoms with Crippen LogP contribution in [-0.4, -0.2) is 34.8 Å². The molecule has 90 valence electrons. The lowest BCUT2D eigenvalue weighted by Gasteiger charge is -2.15. The van der Waals surface area contributed by atoms with E-state index in [-0.39, 0.29) is 22.6 Å². The number of aliphatic hydroxyl groups excluding tert-OH is 2. The first-order valence-corrected chi connectivity index (χ1v) is 4.67. The SMILES string of the molecule is COc1cc(C(O)C(O)C#N)c(C=O)cc1O. The standard InChI is InChI=1S/C11H11NO5/c1-17-10-3-7(11(16)9(15)4-12)6(5-13)2-8(10)14/h2-3,5,9,11,14-16H,1H3. The average Bonchev–Trinajstić information content (AvgIpc) is 2.36. The first kappa shape index (κ1) is 13.0. The monoisotopic (exact) mass is 237 g/mol. The number of carbonyl (C=O) groups is 1.